The first kappa shape index (κ1) is 9.98. The van der Waals surface area contributed by atoms with E-state index in [4.69, 9.17) is 0 Å². The number of ketones is 2. The molecule has 0 N–H and O–H groups in total. The maximum absolute atomic E-state index is 11.4. The van der Waals surface area contributed by atoms with Gasteiger partial charge in [0.05, 0.1) is 5.92 Å². The van der Waals surface area contributed by atoms with Crippen LogP contribution in [-0.2, 0) is 9.59 Å². The molecule has 0 spiro atoms. The summed E-state index contributed by atoms with van der Waals surface area (Å²) in [4.78, 5) is 22.9. The summed E-state index contributed by atoms with van der Waals surface area (Å²) in [6, 6.07) is 0. The molecule has 0 amide bonds. The van der Waals surface area contributed by atoms with E-state index in [0.29, 0.717) is 12.8 Å². The Labute approximate surface area is 78.7 Å². The summed E-state index contributed by atoms with van der Waals surface area (Å²) in [6.07, 6.45) is 1.82. The number of rotatable bonds is 1. The van der Waals surface area contributed by atoms with Gasteiger partial charge in [-0.05, 0) is 13.3 Å². The Balaban J connectivity index is 2.77. The van der Waals surface area contributed by atoms with E-state index in [0.717, 1.165) is 6.42 Å². The molecule has 1 rings (SSSR count). The van der Waals surface area contributed by atoms with E-state index in [-0.39, 0.29) is 17.5 Å². The maximum atomic E-state index is 11.4. The smallest absolute Gasteiger partial charge is 0.144 e. The lowest BCUT2D eigenvalue weighted by Gasteiger charge is -2.21. The van der Waals surface area contributed by atoms with Gasteiger partial charge >= 0.3 is 0 Å². The van der Waals surface area contributed by atoms with Crippen LogP contribution < -0.4 is 0 Å². The lowest BCUT2D eigenvalue weighted by Crippen LogP contribution is -2.33. The van der Waals surface area contributed by atoms with Gasteiger partial charge in [0.2, 0.25) is 0 Å². The third-order valence-corrected chi connectivity index (χ3v) is 2.41. The standard InChI is InChI=1S/C11H14O2/c1-3-5-8(2)11-9(12)6-4-7-10(11)13/h8,11H,4,6-7H2,1-2H3. The summed E-state index contributed by atoms with van der Waals surface area (Å²) in [6.45, 7) is 3.58. The van der Waals surface area contributed by atoms with Gasteiger partial charge in [-0.15, -0.1) is 5.92 Å². The first-order chi connectivity index (χ1) is 6.16. The molecular weight excluding hydrogens is 164 g/mol. The molecule has 1 aliphatic carbocycles. The van der Waals surface area contributed by atoms with Crippen LogP contribution in [0.2, 0.25) is 0 Å². The van der Waals surface area contributed by atoms with Crippen molar-refractivity contribution in [1.82, 2.24) is 0 Å². The molecule has 0 heterocycles. The molecule has 1 unspecified atom stereocenters. The lowest BCUT2D eigenvalue weighted by molar-refractivity contribution is -0.136. The van der Waals surface area contributed by atoms with Crippen LogP contribution in [0.4, 0.5) is 0 Å². The van der Waals surface area contributed by atoms with Crippen LogP contribution in [0.1, 0.15) is 33.1 Å². The first-order valence-corrected chi connectivity index (χ1v) is 4.64. The zero-order valence-corrected chi connectivity index (χ0v) is 8.09. The summed E-state index contributed by atoms with van der Waals surface area (Å²) >= 11 is 0. The summed E-state index contributed by atoms with van der Waals surface area (Å²) in [5.41, 5.74) is 0. The summed E-state index contributed by atoms with van der Waals surface area (Å²) < 4.78 is 0. The number of hydrogen-bond donors (Lipinski definition) is 0. The Morgan fingerprint density at radius 1 is 1.31 bits per heavy atom. The highest BCUT2D eigenvalue weighted by Gasteiger charge is 2.33. The average molecular weight is 178 g/mol. The van der Waals surface area contributed by atoms with E-state index in [1.165, 1.54) is 0 Å². The van der Waals surface area contributed by atoms with Crippen molar-refractivity contribution in [3.63, 3.8) is 0 Å². The third-order valence-electron chi connectivity index (χ3n) is 2.41. The molecule has 0 aromatic heterocycles. The molecule has 13 heavy (non-hydrogen) atoms. The number of carbonyl (C=O) groups excluding carboxylic acids is 2. The molecule has 0 aliphatic heterocycles. The minimum Gasteiger partial charge on any atom is -0.299 e. The molecule has 0 aromatic rings. The predicted octanol–water partition coefficient (Wildman–Crippen LogP) is 1.58. The Bertz CT molecular complexity index is 264. The summed E-state index contributed by atoms with van der Waals surface area (Å²) in [5.74, 6) is 5.24. The third kappa shape index (κ3) is 2.18. The van der Waals surface area contributed by atoms with Crippen molar-refractivity contribution in [1.29, 1.82) is 0 Å². The van der Waals surface area contributed by atoms with Crippen molar-refractivity contribution >= 4 is 11.6 Å². The molecule has 0 saturated heterocycles. The molecule has 0 aromatic carbocycles. The van der Waals surface area contributed by atoms with Crippen molar-refractivity contribution < 1.29 is 9.59 Å². The van der Waals surface area contributed by atoms with Crippen LogP contribution in [-0.4, -0.2) is 11.6 Å². The molecule has 1 saturated carbocycles. The molecule has 1 atom stereocenters. The highest BCUT2D eigenvalue weighted by molar-refractivity contribution is 6.04. The lowest BCUT2D eigenvalue weighted by atomic mass is 9.79. The summed E-state index contributed by atoms with van der Waals surface area (Å²) in [7, 11) is 0. The fourth-order valence-corrected chi connectivity index (χ4v) is 1.80. The number of carbonyl (C=O) groups is 2. The van der Waals surface area contributed by atoms with Gasteiger partial charge in [-0.25, -0.2) is 0 Å². The van der Waals surface area contributed by atoms with Crippen molar-refractivity contribution in [2.75, 3.05) is 0 Å². The average Bonchev–Trinajstić information content (AvgIpc) is 2.04. The van der Waals surface area contributed by atoms with E-state index in [2.05, 4.69) is 11.8 Å². The van der Waals surface area contributed by atoms with Gasteiger partial charge in [-0.3, -0.25) is 9.59 Å². The van der Waals surface area contributed by atoms with Gasteiger partial charge in [0.25, 0.3) is 0 Å². The molecule has 0 radical (unpaired) electrons. The minimum absolute atomic E-state index is 0.0755. The van der Waals surface area contributed by atoms with Crippen LogP contribution in [0.3, 0.4) is 0 Å². The van der Waals surface area contributed by atoms with Crippen molar-refractivity contribution in [2.24, 2.45) is 11.8 Å². The van der Waals surface area contributed by atoms with Gasteiger partial charge in [-0.1, -0.05) is 12.8 Å². The molecule has 70 valence electrons. The van der Waals surface area contributed by atoms with Gasteiger partial charge in [0.1, 0.15) is 11.6 Å². The molecular formula is C11H14O2. The van der Waals surface area contributed by atoms with Gasteiger partial charge in [0, 0.05) is 18.8 Å². The SMILES string of the molecule is CC#CC(C)C1C(=O)CCCC1=O. The summed E-state index contributed by atoms with van der Waals surface area (Å²) in [5, 5.41) is 0. The van der Waals surface area contributed by atoms with Crippen molar-refractivity contribution in [3.05, 3.63) is 0 Å². The van der Waals surface area contributed by atoms with E-state index < -0.39 is 5.92 Å². The Kier molecular flexibility index (Phi) is 3.25. The monoisotopic (exact) mass is 178 g/mol. The highest BCUT2D eigenvalue weighted by Crippen LogP contribution is 2.23. The van der Waals surface area contributed by atoms with Crippen LogP contribution in [0, 0.1) is 23.7 Å². The van der Waals surface area contributed by atoms with Crippen LogP contribution in [0.25, 0.3) is 0 Å². The van der Waals surface area contributed by atoms with E-state index in [1.807, 2.05) is 6.92 Å². The fraction of sp³-hybridized carbons (Fsp3) is 0.636. The van der Waals surface area contributed by atoms with E-state index >= 15 is 0 Å². The Morgan fingerprint density at radius 3 is 2.31 bits per heavy atom. The zero-order valence-electron chi connectivity index (χ0n) is 8.09. The maximum Gasteiger partial charge on any atom is 0.144 e. The first-order valence-electron chi connectivity index (χ1n) is 4.64. The largest absolute Gasteiger partial charge is 0.299 e. The second kappa shape index (κ2) is 4.23. The second-order valence-electron chi connectivity index (χ2n) is 3.45. The quantitative estimate of drug-likeness (QED) is 0.451. The molecule has 1 aliphatic rings. The van der Waals surface area contributed by atoms with Crippen LogP contribution in [0.15, 0.2) is 0 Å². The van der Waals surface area contributed by atoms with Crippen molar-refractivity contribution in [3.8, 4) is 11.8 Å². The van der Waals surface area contributed by atoms with E-state index in [9.17, 15) is 9.59 Å². The van der Waals surface area contributed by atoms with Gasteiger partial charge in [-0.2, -0.15) is 0 Å². The molecule has 2 heteroatoms. The normalized spacial score (nSPS) is 20.8. The topological polar surface area (TPSA) is 34.1 Å². The molecule has 1 fully saturated rings. The minimum atomic E-state index is -0.443. The van der Waals surface area contributed by atoms with Crippen LogP contribution >= 0.6 is 0 Å². The molecule has 2 nitrogen and oxygen atoms in total. The number of Topliss-reactive ketones (excluding diaryl/α,β-unsaturated/α-hetero) is 2. The molecule has 0 bridgehead atoms. The fourth-order valence-electron chi connectivity index (χ4n) is 1.80. The predicted molar refractivity (Wildman–Crippen MR) is 50.0 cm³/mol. The Hall–Kier alpha value is -1.10. The van der Waals surface area contributed by atoms with E-state index in [1.54, 1.807) is 6.92 Å². The highest BCUT2D eigenvalue weighted by atomic mass is 16.2. The second-order valence-corrected chi connectivity index (χ2v) is 3.45. The zero-order chi connectivity index (χ0) is 9.84. The van der Waals surface area contributed by atoms with Gasteiger partial charge < -0.3 is 0 Å². The Morgan fingerprint density at radius 2 is 1.85 bits per heavy atom. The van der Waals surface area contributed by atoms with Crippen LogP contribution in [0.5, 0.6) is 0 Å². The number of hydrogen-bond acceptors (Lipinski definition) is 2. The van der Waals surface area contributed by atoms with Crippen molar-refractivity contribution in [2.45, 2.75) is 33.1 Å². The van der Waals surface area contributed by atoms with Gasteiger partial charge in [0.15, 0.2) is 0 Å².